The third-order valence-corrected chi connectivity index (χ3v) is 3.10. The van der Waals surface area contributed by atoms with Crippen LogP contribution in [0.5, 0.6) is 0 Å². The Labute approximate surface area is 111 Å². The summed E-state index contributed by atoms with van der Waals surface area (Å²) in [6, 6.07) is 6.17. The number of halogens is 1. The summed E-state index contributed by atoms with van der Waals surface area (Å²) in [7, 11) is 0. The van der Waals surface area contributed by atoms with E-state index in [0.717, 1.165) is 0 Å². The molecule has 1 aromatic carbocycles. The third kappa shape index (κ3) is 2.28. The van der Waals surface area contributed by atoms with E-state index >= 15 is 0 Å². The van der Waals surface area contributed by atoms with E-state index in [0.29, 0.717) is 15.7 Å². The molecular weight excluding hydrogens is 300 g/mol. The minimum absolute atomic E-state index is 0.0293. The van der Waals surface area contributed by atoms with Crippen LogP contribution in [0.3, 0.4) is 0 Å². The number of carboxylic acid groups (broad SMARTS) is 1. The predicted octanol–water partition coefficient (Wildman–Crippen LogP) is 2.29. The highest BCUT2D eigenvalue weighted by molar-refractivity contribution is 9.10. The Hall–Kier alpha value is -2.08. The van der Waals surface area contributed by atoms with Crippen LogP contribution in [0.15, 0.2) is 34.9 Å². The summed E-state index contributed by atoms with van der Waals surface area (Å²) in [6.45, 7) is 0. The van der Waals surface area contributed by atoms with Crippen molar-refractivity contribution in [2.75, 3.05) is 5.73 Å². The molecule has 0 saturated heterocycles. The topological polar surface area (TPSA) is 96.2 Å². The van der Waals surface area contributed by atoms with Gasteiger partial charge < -0.3 is 15.8 Å². The molecule has 1 heterocycles. The number of carbonyl (C=O) groups is 2. The first-order valence-corrected chi connectivity index (χ1v) is 5.80. The van der Waals surface area contributed by atoms with E-state index in [2.05, 4.69) is 20.9 Å². The minimum Gasteiger partial charge on any atom is -0.477 e. The average molecular weight is 309 g/mol. The van der Waals surface area contributed by atoms with Crippen LogP contribution in [-0.2, 0) is 0 Å². The van der Waals surface area contributed by atoms with Gasteiger partial charge in [-0.15, -0.1) is 0 Å². The first-order chi connectivity index (χ1) is 8.49. The Kier molecular flexibility index (Phi) is 3.20. The van der Waals surface area contributed by atoms with Crippen LogP contribution in [0.2, 0.25) is 0 Å². The Morgan fingerprint density at radius 3 is 2.61 bits per heavy atom. The van der Waals surface area contributed by atoms with Crippen molar-refractivity contribution in [1.82, 2.24) is 4.98 Å². The molecule has 1 aromatic heterocycles. The van der Waals surface area contributed by atoms with Gasteiger partial charge in [0.2, 0.25) is 0 Å². The highest BCUT2D eigenvalue weighted by atomic mass is 79.9. The van der Waals surface area contributed by atoms with Crippen molar-refractivity contribution in [3.05, 3.63) is 51.8 Å². The monoisotopic (exact) mass is 308 g/mol. The summed E-state index contributed by atoms with van der Waals surface area (Å²) in [6.07, 6.45) is 1.36. The van der Waals surface area contributed by atoms with Crippen LogP contribution in [0.1, 0.15) is 26.4 Å². The molecule has 18 heavy (non-hydrogen) atoms. The second-order valence-electron chi connectivity index (χ2n) is 3.68. The van der Waals surface area contributed by atoms with Crippen molar-refractivity contribution in [1.29, 1.82) is 0 Å². The Bertz CT molecular complexity index is 634. The summed E-state index contributed by atoms with van der Waals surface area (Å²) in [5.74, 6) is -1.40. The fourth-order valence-electron chi connectivity index (χ4n) is 1.52. The zero-order valence-electron chi connectivity index (χ0n) is 9.11. The molecular formula is C12H9BrN2O3. The average Bonchev–Trinajstić information content (AvgIpc) is 2.81. The first-order valence-electron chi connectivity index (χ1n) is 5.00. The maximum absolute atomic E-state index is 12.2. The molecule has 0 aliphatic heterocycles. The predicted molar refractivity (Wildman–Crippen MR) is 69.7 cm³/mol. The molecule has 5 nitrogen and oxygen atoms in total. The lowest BCUT2D eigenvalue weighted by Gasteiger charge is -2.03. The fourth-order valence-corrected chi connectivity index (χ4v) is 1.95. The molecule has 0 radical (unpaired) electrons. The van der Waals surface area contributed by atoms with Crippen molar-refractivity contribution in [2.45, 2.75) is 0 Å². The molecule has 0 spiro atoms. The molecule has 0 unspecified atom stereocenters. The summed E-state index contributed by atoms with van der Waals surface area (Å²) in [4.78, 5) is 25.4. The number of carbonyl (C=O) groups excluding carboxylic acids is 1. The van der Waals surface area contributed by atoms with Gasteiger partial charge in [0.1, 0.15) is 5.69 Å². The van der Waals surface area contributed by atoms with Crippen LogP contribution in [0.25, 0.3) is 0 Å². The minimum atomic E-state index is -1.11. The van der Waals surface area contributed by atoms with Gasteiger partial charge >= 0.3 is 5.97 Å². The maximum Gasteiger partial charge on any atom is 0.352 e. The molecule has 6 heteroatoms. The van der Waals surface area contributed by atoms with E-state index in [-0.39, 0.29) is 17.0 Å². The normalized spacial score (nSPS) is 10.3. The smallest absolute Gasteiger partial charge is 0.352 e. The Balaban J connectivity index is 2.41. The van der Waals surface area contributed by atoms with Crippen LogP contribution >= 0.6 is 15.9 Å². The van der Waals surface area contributed by atoms with Gasteiger partial charge in [0, 0.05) is 27.5 Å². The number of anilines is 1. The number of ketones is 1. The lowest BCUT2D eigenvalue weighted by atomic mass is 10.1. The number of nitrogens with one attached hydrogen (secondary N) is 1. The Morgan fingerprint density at radius 1 is 1.28 bits per heavy atom. The number of aromatic amines is 1. The van der Waals surface area contributed by atoms with Crippen molar-refractivity contribution < 1.29 is 14.7 Å². The number of H-pyrrole nitrogens is 1. The van der Waals surface area contributed by atoms with Gasteiger partial charge in [-0.2, -0.15) is 0 Å². The van der Waals surface area contributed by atoms with Crippen molar-refractivity contribution in [3.63, 3.8) is 0 Å². The number of hydrogen-bond acceptors (Lipinski definition) is 3. The molecule has 0 atom stereocenters. The van der Waals surface area contributed by atoms with Crippen LogP contribution in [0, 0.1) is 0 Å². The van der Waals surface area contributed by atoms with E-state index in [4.69, 9.17) is 10.8 Å². The van der Waals surface area contributed by atoms with E-state index in [9.17, 15) is 9.59 Å². The van der Waals surface area contributed by atoms with Gasteiger partial charge in [0.05, 0.1) is 0 Å². The number of nitrogens with two attached hydrogens (primary N) is 1. The van der Waals surface area contributed by atoms with Crippen molar-refractivity contribution in [3.8, 4) is 0 Å². The summed E-state index contributed by atoms with van der Waals surface area (Å²) in [5, 5.41) is 8.78. The van der Waals surface area contributed by atoms with Gasteiger partial charge in [0.15, 0.2) is 5.78 Å². The van der Waals surface area contributed by atoms with Gasteiger partial charge in [-0.1, -0.05) is 15.9 Å². The lowest BCUT2D eigenvalue weighted by molar-refractivity contribution is 0.0691. The quantitative estimate of drug-likeness (QED) is 0.598. The Morgan fingerprint density at radius 2 is 2.00 bits per heavy atom. The molecule has 0 fully saturated rings. The number of benzene rings is 1. The van der Waals surface area contributed by atoms with E-state index in [1.54, 1.807) is 18.2 Å². The molecule has 0 bridgehead atoms. The summed E-state index contributed by atoms with van der Waals surface area (Å²) < 4.78 is 0.611. The number of aromatic nitrogens is 1. The van der Waals surface area contributed by atoms with E-state index < -0.39 is 5.97 Å². The van der Waals surface area contributed by atoms with Crippen LogP contribution in [0.4, 0.5) is 5.69 Å². The zero-order valence-corrected chi connectivity index (χ0v) is 10.7. The second-order valence-corrected chi connectivity index (χ2v) is 4.53. The SMILES string of the molecule is Nc1ccc(Br)c(C(=O)c2c[nH]c(C(=O)O)c2)c1. The molecule has 0 aliphatic carbocycles. The fraction of sp³-hybridized carbons (Fsp3) is 0. The second kappa shape index (κ2) is 4.66. The standard InChI is InChI=1S/C12H9BrN2O3/c13-9-2-1-7(14)4-8(9)11(16)6-3-10(12(17)18)15-5-6/h1-5,15H,14H2,(H,17,18). The molecule has 0 saturated carbocycles. The van der Waals surface area contributed by atoms with Gasteiger partial charge in [-0.3, -0.25) is 4.79 Å². The maximum atomic E-state index is 12.2. The van der Waals surface area contributed by atoms with Crippen LogP contribution < -0.4 is 5.73 Å². The van der Waals surface area contributed by atoms with Gasteiger partial charge in [-0.25, -0.2) is 4.79 Å². The number of aromatic carboxylic acids is 1. The van der Waals surface area contributed by atoms with Crippen molar-refractivity contribution in [2.24, 2.45) is 0 Å². The lowest BCUT2D eigenvalue weighted by Crippen LogP contribution is -2.02. The number of rotatable bonds is 3. The molecule has 0 aliphatic rings. The summed E-state index contributed by atoms with van der Waals surface area (Å²) in [5.41, 5.74) is 6.73. The number of hydrogen-bond donors (Lipinski definition) is 3. The first kappa shape index (κ1) is 12.4. The molecule has 2 aromatic rings. The molecule has 4 N–H and O–H groups in total. The number of carboxylic acids is 1. The highest BCUT2D eigenvalue weighted by Gasteiger charge is 2.16. The third-order valence-electron chi connectivity index (χ3n) is 2.41. The van der Waals surface area contributed by atoms with Crippen LogP contribution in [-0.4, -0.2) is 21.8 Å². The number of nitrogen functional groups attached to an aromatic ring is 1. The largest absolute Gasteiger partial charge is 0.477 e. The zero-order chi connectivity index (χ0) is 13.3. The van der Waals surface area contributed by atoms with E-state index in [1.165, 1.54) is 12.3 Å². The highest BCUT2D eigenvalue weighted by Crippen LogP contribution is 2.22. The molecule has 2 rings (SSSR count). The molecule has 92 valence electrons. The van der Waals surface area contributed by atoms with Gasteiger partial charge in [-0.05, 0) is 24.3 Å². The van der Waals surface area contributed by atoms with Crippen molar-refractivity contribution >= 4 is 33.4 Å². The van der Waals surface area contributed by atoms with Gasteiger partial charge in [0.25, 0.3) is 0 Å². The molecule has 0 amide bonds. The summed E-state index contributed by atoms with van der Waals surface area (Å²) >= 11 is 3.26. The van der Waals surface area contributed by atoms with E-state index in [1.807, 2.05) is 0 Å².